The average molecular weight is 282 g/mol. The fourth-order valence-electron chi connectivity index (χ4n) is 2.73. The summed E-state index contributed by atoms with van der Waals surface area (Å²) in [7, 11) is 0. The molecule has 0 spiro atoms. The van der Waals surface area contributed by atoms with E-state index in [4.69, 9.17) is 4.74 Å². The second kappa shape index (κ2) is 6.61. The smallest absolute Gasteiger partial charge is 0.132 e. The highest BCUT2D eigenvalue weighted by Gasteiger charge is 2.10. The molecule has 1 aromatic heterocycles. The second-order valence-corrected chi connectivity index (χ2v) is 5.54. The Morgan fingerprint density at radius 3 is 2.71 bits per heavy atom. The van der Waals surface area contributed by atoms with Gasteiger partial charge in [0.15, 0.2) is 0 Å². The van der Waals surface area contributed by atoms with E-state index in [1.165, 1.54) is 36.8 Å². The molecule has 1 heterocycles. The van der Waals surface area contributed by atoms with E-state index in [1.54, 1.807) is 6.20 Å². The molecule has 0 atom stereocenters. The molecular weight excluding hydrogens is 260 g/mol. The van der Waals surface area contributed by atoms with Gasteiger partial charge < -0.3 is 10.1 Å². The van der Waals surface area contributed by atoms with Gasteiger partial charge in [-0.05, 0) is 61.4 Å². The summed E-state index contributed by atoms with van der Waals surface area (Å²) in [5.74, 6) is 2.62. The minimum absolute atomic E-state index is 0.833. The number of nitrogens with zero attached hydrogens (tertiary/aromatic N) is 1. The Balaban J connectivity index is 1.74. The summed E-state index contributed by atoms with van der Waals surface area (Å²) >= 11 is 0. The topological polar surface area (TPSA) is 34.1 Å². The first-order valence-corrected chi connectivity index (χ1v) is 7.85. The lowest BCUT2D eigenvalue weighted by atomic mass is 9.92. The molecule has 3 rings (SSSR count). The van der Waals surface area contributed by atoms with Gasteiger partial charge in [-0.1, -0.05) is 13.0 Å². The Labute approximate surface area is 126 Å². The third kappa shape index (κ3) is 3.54. The third-order valence-corrected chi connectivity index (χ3v) is 3.84. The van der Waals surface area contributed by atoms with Gasteiger partial charge in [-0.25, -0.2) is 4.98 Å². The van der Waals surface area contributed by atoms with Gasteiger partial charge in [-0.3, -0.25) is 0 Å². The van der Waals surface area contributed by atoms with Crippen LogP contribution in [0.1, 0.15) is 37.3 Å². The predicted octanol–water partition coefficient (Wildman–Crippen LogP) is 4.57. The quantitative estimate of drug-likeness (QED) is 0.872. The average Bonchev–Trinajstić information content (AvgIpc) is 2.53. The first kappa shape index (κ1) is 13.9. The number of nitrogens with one attached hydrogen (secondary N) is 1. The van der Waals surface area contributed by atoms with Crippen molar-refractivity contribution < 1.29 is 4.74 Å². The number of hydrogen-bond acceptors (Lipinski definition) is 3. The van der Waals surface area contributed by atoms with Crippen LogP contribution in [-0.2, 0) is 12.8 Å². The number of hydrogen-bond donors (Lipinski definition) is 1. The van der Waals surface area contributed by atoms with E-state index < -0.39 is 0 Å². The summed E-state index contributed by atoms with van der Waals surface area (Å²) in [6.07, 6.45) is 7.84. The molecule has 2 aromatic rings. The summed E-state index contributed by atoms with van der Waals surface area (Å²) in [4.78, 5) is 4.30. The van der Waals surface area contributed by atoms with E-state index in [-0.39, 0.29) is 0 Å². The van der Waals surface area contributed by atoms with Gasteiger partial charge in [0.05, 0.1) is 0 Å². The lowest BCUT2D eigenvalue weighted by Crippen LogP contribution is -2.03. The summed E-state index contributed by atoms with van der Waals surface area (Å²) < 4.78 is 5.99. The van der Waals surface area contributed by atoms with Crippen LogP contribution >= 0.6 is 0 Å². The highest BCUT2D eigenvalue weighted by atomic mass is 16.5. The maximum absolute atomic E-state index is 5.99. The molecule has 1 N–H and O–H groups in total. The van der Waals surface area contributed by atoms with Gasteiger partial charge in [-0.15, -0.1) is 0 Å². The number of pyridine rings is 1. The summed E-state index contributed by atoms with van der Waals surface area (Å²) in [6.45, 7) is 3.07. The molecule has 0 amide bonds. The van der Waals surface area contributed by atoms with Crippen molar-refractivity contribution in [3.05, 3.63) is 47.7 Å². The molecule has 0 fully saturated rings. The van der Waals surface area contributed by atoms with Crippen LogP contribution in [0.3, 0.4) is 0 Å². The van der Waals surface area contributed by atoms with Crippen molar-refractivity contribution >= 4 is 5.82 Å². The Morgan fingerprint density at radius 2 is 1.86 bits per heavy atom. The SMILES string of the molecule is CCCNc1cc(Oc2ccc3c(c2)CCCC3)ccn1. The third-order valence-electron chi connectivity index (χ3n) is 3.84. The zero-order valence-corrected chi connectivity index (χ0v) is 12.6. The molecule has 1 aliphatic rings. The molecule has 0 unspecified atom stereocenters. The molecule has 0 radical (unpaired) electrons. The zero-order chi connectivity index (χ0) is 14.5. The zero-order valence-electron chi connectivity index (χ0n) is 12.6. The van der Waals surface area contributed by atoms with Crippen molar-refractivity contribution in [1.82, 2.24) is 4.98 Å². The lowest BCUT2D eigenvalue weighted by molar-refractivity contribution is 0.480. The number of ether oxygens (including phenoxy) is 1. The monoisotopic (exact) mass is 282 g/mol. The van der Waals surface area contributed by atoms with Gasteiger partial charge in [0.2, 0.25) is 0 Å². The van der Waals surface area contributed by atoms with E-state index in [2.05, 4.69) is 35.4 Å². The van der Waals surface area contributed by atoms with Gasteiger partial charge in [-0.2, -0.15) is 0 Å². The normalized spacial score (nSPS) is 13.6. The molecule has 0 aliphatic heterocycles. The summed E-state index contributed by atoms with van der Waals surface area (Å²) in [5.41, 5.74) is 2.92. The van der Waals surface area contributed by atoms with Crippen LogP contribution in [0.5, 0.6) is 11.5 Å². The van der Waals surface area contributed by atoms with E-state index in [0.29, 0.717) is 0 Å². The maximum Gasteiger partial charge on any atom is 0.132 e. The van der Waals surface area contributed by atoms with Crippen LogP contribution in [0.15, 0.2) is 36.5 Å². The van der Waals surface area contributed by atoms with Crippen molar-refractivity contribution in [3.8, 4) is 11.5 Å². The molecule has 21 heavy (non-hydrogen) atoms. The number of aromatic nitrogens is 1. The lowest BCUT2D eigenvalue weighted by Gasteiger charge is -2.16. The van der Waals surface area contributed by atoms with Gasteiger partial charge in [0, 0.05) is 18.8 Å². The predicted molar refractivity (Wildman–Crippen MR) is 86.2 cm³/mol. The fourth-order valence-corrected chi connectivity index (χ4v) is 2.73. The largest absolute Gasteiger partial charge is 0.457 e. The highest BCUT2D eigenvalue weighted by molar-refractivity contribution is 5.44. The Hall–Kier alpha value is -2.03. The molecular formula is C18H22N2O. The van der Waals surface area contributed by atoms with Gasteiger partial charge >= 0.3 is 0 Å². The van der Waals surface area contributed by atoms with E-state index in [9.17, 15) is 0 Å². The molecule has 0 saturated carbocycles. The minimum atomic E-state index is 0.833. The Bertz CT molecular complexity index is 610. The van der Waals surface area contributed by atoms with Crippen molar-refractivity contribution in [2.24, 2.45) is 0 Å². The summed E-state index contributed by atoms with van der Waals surface area (Å²) in [5, 5.41) is 3.28. The standard InChI is InChI=1S/C18H22N2O/c1-2-10-19-18-13-17(9-11-20-18)21-16-8-7-14-5-3-4-6-15(14)12-16/h7-9,11-13H,2-6,10H2,1H3,(H,19,20). The van der Waals surface area contributed by atoms with Crippen molar-refractivity contribution in [3.63, 3.8) is 0 Å². The minimum Gasteiger partial charge on any atom is -0.457 e. The number of rotatable bonds is 5. The van der Waals surface area contributed by atoms with Crippen LogP contribution in [0.2, 0.25) is 0 Å². The van der Waals surface area contributed by atoms with E-state index >= 15 is 0 Å². The number of anilines is 1. The first-order chi connectivity index (χ1) is 10.3. The number of aryl methyl sites for hydroxylation is 2. The van der Waals surface area contributed by atoms with Crippen molar-refractivity contribution in [2.75, 3.05) is 11.9 Å². The number of fused-ring (bicyclic) bond motifs is 1. The van der Waals surface area contributed by atoms with Crippen LogP contribution in [0, 0.1) is 0 Å². The van der Waals surface area contributed by atoms with Crippen LogP contribution in [0.25, 0.3) is 0 Å². The Kier molecular flexibility index (Phi) is 4.39. The second-order valence-electron chi connectivity index (χ2n) is 5.54. The van der Waals surface area contributed by atoms with Gasteiger partial charge in [0.25, 0.3) is 0 Å². The molecule has 1 aromatic carbocycles. The Morgan fingerprint density at radius 1 is 1.05 bits per heavy atom. The number of benzene rings is 1. The maximum atomic E-state index is 5.99. The first-order valence-electron chi connectivity index (χ1n) is 7.85. The van der Waals surface area contributed by atoms with Crippen LogP contribution in [0.4, 0.5) is 5.82 Å². The molecule has 1 aliphatic carbocycles. The van der Waals surface area contributed by atoms with E-state index in [1.807, 2.05) is 12.1 Å². The molecule has 0 saturated heterocycles. The van der Waals surface area contributed by atoms with Crippen molar-refractivity contribution in [2.45, 2.75) is 39.0 Å². The fraction of sp³-hybridized carbons (Fsp3) is 0.389. The van der Waals surface area contributed by atoms with Gasteiger partial charge in [0.1, 0.15) is 17.3 Å². The molecule has 3 heteroatoms. The molecule has 110 valence electrons. The van der Waals surface area contributed by atoms with Crippen molar-refractivity contribution in [1.29, 1.82) is 0 Å². The van der Waals surface area contributed by atoms with Crippen LogP contribution < -0.4 is 10.1 Å². The molecule has 0 bridgehead atoms. The van der Waals surface area contributed by atoms with Crippen LogP contribution in [-0.4, -0.2) is 11.5 Å². The van der Waals surface area contributed by atoms with E-state index in [0.717, 1.165) is 30.3 Å². The summed E-state index contributed by atoms with van der Waals surface area (Å²) in [6, 6.07) is 10.3. The highest BCUT2D eigenvalue weighted by Crippen LogP contribution is 2.28. The molecule has 3 nitrogen and oxygen atoms in total.